The van der Waals surface area contributed by atoms with Gasteiger partial charge in [0.25, 0.3) is 5.91 Å². The lowest BCUT2D eigenvalue weighted by Crippen LogP contribution is -2.09. The molecule has 60 valence electrons. The van der Waals surface area contributed by atoms with Crippen molar-refractivity contribution in [3.63, 3.8) is 0 Å². The van der Waals surface area contributed by atoms with Crippen molar-refractivity contribution in [2.75, 3.05) is 6.26 Å². The SMILES string of the molecule is CSCc1ccc(C(N)=O)o1. The van der Waals surface area contributed by atoms with Gasteiger partial charge in [0.05, 0.1) is 5.75 Å². The Hall–Kier alpha value is -0.900. The number of thioether (sulfide) groups is 1. The molecular weight excluding hydrogens is 162 g/mol. The summed E-state index contributed by atoms with van der Waals surface area (Å²) in [6.07, 6.45) is 1.96. The summed E-state index contributed by atoms with van der Waals surface area (Å²) in [6.45, 7) is 0. The highest BCUT2D eigenvalue weighted by Crippen LogP contribution is 2.12. The first kappa shape index (κ1) is 8.20. The van der Waals surface area contributed by atoms with Crippen LogP contribution < -0.4 is 5.73 Å². The van der Waals surface area contributed by atoms with Gasteiger partial charge in [0.2, 0.25) is 0 Å². The van der Waals surface area contributed by atoms with Crippen molar-refractivity contribution in [2.24, 2.45) is 5.73 Å². The van der Waals surface area contributed by atoms with E-state index in [0.29, 0.717) is 0 Å². The summed E-state index contributed by atoms with van der Waals surface area (Å²) in [7, 11) is 0. The molecule has 0 unspecified atom stereocenters. The Balaban J connectivity index is 2.73. The van der Waals surface area contributed by atoms with E-state index in [0.717, 1.165) is 11.5 Å². The normalized spacial score (nSPS) is 9.91. The Bertz CT molecular complexity index is 257. The van der Waals surface area contributed by atoms with Gasteiger partial charge < -0.3 is 10.2 Å². The second-order valence-corrected chi connectivity index (χ2v) is 2.93. The monoisotopic (exact) mass is 171 g/mol. The van der Waals surface area contributed by atoms with Gasteiger partial charge in [0, 0.05) is 0 Å². The largest absolute Gasteiger partial charge is 0.455 e. The van der Waals surface area contributed by atoms with Crippen molar-refractivity contribution < 1.29 is 9.21 Å². The Kier molecular flexibility index (Phi) is 2.59. The summed E-state index contributed by atoms with van der Waals surface area (Å²) in [5.74, 6) is 1.27. The molecule has 4 heteroatoms. The summed E-state index contributed by atoms with van der Waals surface area (Å²) in [5, 5.41) is 0. The Labute approximate surface area is 68.9 Å². The minimum absolute atomic E-state index is 0.231. The zero-order chi connectivity index (χ0) is 8.27. The van der Waals surface area contributed by atoms with Crippen LogP contribution in [-0.2, 0) is 5.75 Å². The minimum atomic E-state index is -0.516. The second-order valence-electron chi connectivity index (χ2n) is 2.06. The fourth-order valence-corrected chi connectivity index (χ4v) is 1.17. The maximum Gasteiger partial charge on any atom is 0.284 e. The molecular formula is C7H9NO2S. The van der Waals surface area contributed by atoms with Crippen LogP contribution in [-0.4, -0.2) is 12.2 Å². The Morgan fingerprint density at radius 2 is 2.45 bits per heavy atom. The molecule has 0 saturated heterocycles. The molecule has 0 aromatic carbocycles. The van der Waals surface area contributed by atoms with Gasteiger partial charge in [-0.2, -0.15) is 11.8 Å². The van der Waals surface area contributed by atoms with Crippen LogP contribution in [0, 0.1) is 0 Å². The number of rotatable bonds is 3. The summed E-state index contributed by atoms with van der Waals surface area (Å²) in [4.78, 5) is 10.5. The molecule has 0 fully saturated rings. The molecule has 3 nitrogen and oxygen atoms in total. The maximum absolute atomic E-state index is 10.5. The standard InChI is InChI=1S/C7H9NO2S/c1-11-4-5-2-3-6(10-5)7(8)9/h2-3H,4H2,1H3,(H2,8,9). The van der Waals surface area contributed by atoms with Crippen LogP contribution in [0.5, 0.6) is 0 Å². The van der Waals surface area contributed by atoms with Gasteiger partial charge in [-0.05, 0) is 18.4 Å². The van der Waals surface area contributed by atoms with E-state index in [4.69, 9.17) is 10.2 Å². The first-order valence-electron chi connectivity index (χ1n) is 3.11. The average Bonchev–Trinajstić information content (AvgIpc) is 2.37. The predicted octanol–water partition coefficient (Wildman–Crippen LogP) is 1.24. The van der Waals surface area contributed by atoms with Gasteiger partial charge in [-0.25, -0.2) is 0 Å². The van der Waals surface area contributed by atoms with Crippen molar-refractivity contribution in [3.05, 3.63) is 23.7 Å². The third-order valence-electron chi connectivity index (χ3n) is 1.19. The molecule has 1 heterocycles. The molecule has 0 saturated carbocycles. The van der Waals surface area contributed by atoms with Crippen molar-refractivity contribution in [1.29, 1.82) is 0 Å². The zero-order valence-corrected chi connectivity index (χ0v) is 6.98. The minimum Gasteiger partial charge on any atom is -0.455 e. The van der Waals surface area contributed by atoms with E-state index in [-0.39, 0.29) is 5.76 Å². The van der Waals surface area contributed by atoms with E-state index < -0.39 is 5.91 Å². The molecule has 1 amide bonds. The molecule has 0 radical (unpaired) electrons. The van der Waals surface area contributed by atoms with Crippen molar-refractivity contribution in [3.8, 4) is 0 Å². The fourth-order valence-electron chi connectivity index (χ4n) is 0.730. The highest BCUT2D eigenvalue weighted by atomic mass is 32.2. The van der Waals surface area contributed by atoms with Crippen LogP contribution in [0.4, 0.5) is 0 Å². The zero-order valence-electron chi connectivity index (χ0n) is 6.16. The van der Waals surface area contributed by atoms with Gasteiger partial charge in [-0.15, -0.1) is 0 Å². The number of nitrogens with two attached hydrogens (primary N) is 1. The van der Waals surface area contributed by atoms with Crippen molar-refractivity contribution >= 4 is 17.7 Å². The maximum atomic E-state index is 10.5. The molecule has 0 atom stereocenters. The van der Waals surface area contributed by atoms with E-state index in [1.165, 1.54) is 0 Å². The van der Waals surface area contributed by atoms with Crippen LogP contribution in [0.25, 0.3) is 0 Å². The number of carbonyl (C=O) groups excluding carboxylic acids is 1. The van der Waals surface area contributed by atoms with Crippen molar-refractivity contribution in [1.82, 2.24) is 0 Å². The molecule has 0 spiro atoms. The number of hydrogen-bond donors (Lipinski definition) is 1. The van der Waals surface area contributed by atoms with Crippen LogP contribution in [0.15, 0.2) is 16.5 Å². The molecule has 1 aromatic rings. The molecule has 1 rings (SSSR count). The first-order valence-corrected chi connectivity index (χ1v) is 4.51. The molecule has 0 aliphatic carbocycles. The second kappa shape index (κ2) is 3.48. The molecule has 0 bridgehead atoms. The average molecular weight is 171 g/mol. The fraction of sp³-hybridized carbons (Fsp3) is 0.286. The van der Waals surface area contributed by atoms with Crippen molar-refractivity contribution in [2.45, 2.75) is 5.75 Å². The highest BCUT2D eigenvalue weighted by Gasteiger charge is 2.05. The van der Waals surface area contributed by atoms with Gasteiger partial charge >= 0.3 is 0 Å². The molecule has 1 aromatic heterocycles. The molecule has 0 aliphatic heterocycles. The van der Waals surface area contributed by atoms with Gasteiger partial charge in [-0.3, -0.25) is 4.79 Å². The van der Waals surface area contributed by atoms with Crippen LogP contribution in [0.2, 0.25) is 0 Å². The van der Waals surface area contributed by atoms with E-state index in [1.807, 2.05) is 6.26 Å². The molecule has 0 aliphatic rings. The predicted molar refractivity (Wildman–Crippen MR) is 44.4 cm³/mol. The Morgan fingerprint density at radius 1 is 1.73 bits per heavy atom. The quantitative estimate of drug-likeness (QED) is 0.744. The summed E-state index contributed by atoms with van der Waals surface area (Å²) in [5.41, 5.74) is 4.98. The van der Waals surface area contributed by atoms with Gasteiger partial charge in [-0.1, -0.05) is 0 Å². The third-order valence-corrected chi connectivity index (χ3v) is 1.76. The van der Waals surface area contributed by atoms with Crippen LogP contribution >= 0.6 is 11.8 Å². The van der Waals surface area contributed by atoms with E-state index in [9.17, 15) is 4.79 Å². The lowest BCUT2D eigenvalue weighted by molar-refractivity contribution is 0.0972. The lowest BCUT2D eigenvalue weighted by Gasteiger charge is -1.89. The number of carbonyl (C=O) groups is 1. The van der Waals surface area contributed by atoms with Gasteiger partial charge in [0.1, 0.15) is 5.76 Å². The number of primary amides is 1. The first-order chi connectivity index (χ1) is 5.24. The van der Waals surface area contributed by atoms with Gasteiger partial charge in [0.15, 0.2) is 5.76 Å². The van der Waals surface area contributed by atoms with Crippen LogP contribution in [0.1, 0.15) is 16.3 Å². The highest BCUT2D eigenvalue weighted by molar-refractivity contribution is 7.97. The Morgan fingerprint density at radius 3 is 2.91 bits per heavy atom. The van der Waals surface area contributed by atoms with E-state index in [1.54, 1.807) is 23.9 Å². The number of hydrogen-bond acceptors (Lipinski definition) is 3. The summed E-state index contributed by atoms with van der Waals surface area (Å²) >= 11 is 1.63. The number of furan rings is 1. The number of amides is 1. The smallest absolute Gasteiger partial charge is 0.284 e. The topological polar surface area (TPSA) is 56.2 Å². The lowest BCUT2D eigenvalue weighted by atomic mass is 10.4. The third kappa shape index (κ3) is 2.01. The summed E-state index contributed by atoms with van der Waals surface area (Å²) in [6, 6.07) is 3.35. The summed E-state index contributed by atoms with van der Waals surface area (Å²) < 4.78 is 5.09. The van der Waals surface area contributed by atoms with Crippen LogP contribution in [0.3, 0.4) is 0 Å². The van der Waals surface area contributed by atoms with E-state index >= 15 is 0 Å². The molecule has 11 heavy (non-hydrogen) atoms. The molecule has 2 N–H and O–H groups in total. The van der Waals surface area contributed by atoms with E-state index in [2.05, 4.69) is 0 Å².